The molecule has 2 aromatic carbocycles. The zero-order chi connectivity index (χ0) is 28.6. The summed E-state index contributed by atoms with van der Waals surface area (Å²) in [5.41, 5.74) is 2.97. The molecule has 41 heavy (non-hydrogen) atoms. The van der Waals surface area contributed by atoms with E-state index >= 15 is 0 Å². The van der Waals surface area contributed by atoms with Crippen LogP contribution in [0.4, 0.5) is 0 Å². The van der Waals surface area contributed by atoms with Crippen molar-refractivity contribution in [1.82, 2.24) is 30.2 Å². The van der Waals surface area contributed by atoms with Crippen molar-refractivity contribution < 1.29 is 23.8 Å². The minimum absolute atomic E-state index is 0.0362. The quantitative estimate of drug-likeness (QED) is 0.282. The summed E-state index contributed by atoms with van der Waals surface area (Å²) in [5.74, 6) is 0.638. The largest absolute Gasteiger partial charge is 0.493 e. The number of ether oxygens (including phenoxy) is 3. The van der Waals surface area contributed by atoms with Gasteiger partial charge in [-0.1, -0.05) is 29.5 Å². The van der Waals surface area contributed by atoms with Crippen LogP contribution < -0.4 is 14.8 Å². The molecule has 1 saturated heterocycles. The molecular formula is C30H34N6O5. The van der Waals surface area contributed by atoms with Crippen molar-refractivity contribution in [2.24, 2.45) is 0 Å². The topological polar surface area (TPSA) is 121 Å². The highest BCUT2D eigenvalue weighted by Gasteiger charge is 2.32. The zero-order valence-corrected chi connectivity index (χ0v) is 23.2. The van der Waals surface area contributed by atoms with Crippen LogP contribution in [0.5, 0.6) is 11.5 Å². The van der Waals surface area contributed by atoms with Gasteiger partial charge >= 0.3 is 0 Å². The van der Waals surface area contributed by atoms with E-state index in [2.05, 4.69) is 20.6 Å². The van der Waals surface area contributed by atoms with Crippen molar-refractivity contribution in [3.63, 3.8) is 0 Å². The molecule has 1 N–H and O–H groups in total. The van der Waals surface area contributed by atoms with Crippen molar-refractivity contribution in [2.75, 3.05) is 33.9 Å². The molecule has 5 rings (SSSR count). The first kappa shape index (κ1) is 28.0. The fourth-order valence-electron chi connectivity index (χ4n) is 5.06. The van der Waals surface area contributed by atoms with Gasteiger partial charge < -0.3 is 24.4 Å². The maximum absolute atomic E-state index is 14.0. The van der Waals surface area contributed by atoms with E-state index in [1.807, 2.05) is 48.5 Å². The van der Waals surface area contributed by atoms with Crippen molar-refractivity contribution in [3.05, 3.63) is 78.1 Å². The van der Waals surface area contributed by atoms with Crippen LogP contribution >= 0.6 is 0 Å². The maximum atomic E-state index is 14.0. The number of amides is 2. The molecule has 2 amide bonds. The van der Waals surface area contributed by atoms with Crippen molar-refractivity contribution >= 4 is 22.8 Å². The number of pyridine rings is 1. The molecule has 0 unspecified atom stereocenters. The van der Waals surface area contributed by atoms with Crippen molar-refractivity contribution in [3.8, 4) is 11.5 Å². The van der Waals surface area contributed by atoms with Crippen LogP contribution in [-0.4, -0.2) is 76.7 Å². The molecule has 2 atom stereocenters. The Bertz CT molecular complexity index is 1470. The van der Waals surface area contributed by atoms with Gasteiger partial charge in [-0.3, -0.25) is 14.6 Å². The fraction of sp³-hybridized carbons (Fsp3) is 0.367. The highest BCUT2D eigenvalue weighted by molar-refractivity contribution is 5.89. The first-order chi connectivity index (χ1) is 20.1. The Kier molecular flexibility index (Phi) is 9.05. The number of fused-ring (bicyclic) bond motifs is 1. The number of carbonyl (C=O) groups excluding carboxylic acids is 2. The third-order valence-corrected chi connectivity index (χ3v) is 7.20. The molecule has 1 aliphatic rings. The Morgan fingerprint density at radius 3 is 2.73 bits per heavy atom. The van der Waals surface area contributed by atoms with Crippen LogP contribution in [0.15, 0.2) is 67.0 Å². The average Bonchev–Trinajstić information content (AvgIpc) is 3.68. The number of nitrogens with one attached hydrogen (secondary N) is 1. The number of methoxy groups -OCH3 is 2. The van der Waals surface area contributed by atoms with Gasteiger partial charge in [-0.2, -0.15) is 0 Å². The third-order valence-electron chi connectivity index (χ3n) is 7.20. The van der Waals surface area contributed by atoms with Gasteiger partial charge in [-0.15, -0.1) is 5.10 Å². The van der Waals surface area contributed by atoms with Crippen molar-refractivity contribution in [2.45, 2.75) is 38.0 Å². The van der Waals surface area contributed by atoms with Gasteiger partial charge in [-0.25, -0.2) is 4.68 Å². The van der Waals surface area contributed by atoms with E-state index in [0.717, 1.165) is 23.9 Å². The second-order valence-corrected chi connectivity index (χ2v) is 9.83. The van der Waals surface area contributed by atoms with Gasteiger partial charge in [0.1, 0.15) is 18.1 Å². The summed E-state index contributed by atoms with van der Waals surface area (Å²) in [4.78, 5) is 33.7. The van der Waals surface area contributed by atoms with E-state index < -0.39 is 6.04 Å². The SMILES string of the molecule is COc1ccc(CCN(C(=O)Cn2nnc3ccccc32)[C@H](C(=O)NC[C@H]2CCCO2)c2cccnc2)cc1OC. The number of aromatic nitrogens is 4. The van der Waals surface area contributed by atoms with Crippen LogP contribution in [0.3, 0.4) is 0 Å². The molecular weight excluding hydrogens is 524 g/mol. The molecule has 0 saturated carbocycles. The molecule has 0 radical (unpaired) electrons. The summed E-state index contributed by atoms with van der Waals surface area (Å²) in [6.07, 6.45) is 5.55. The zero-order valence-electron chi connectivity index (χ0n) is 23.2. The second-order valence-electron chi connectivity index (χ2n) is 9.83. The maximum Gasteiger partial charge on any atom is 0.247 e. The van der Waals surface area contributed by atoms with E-state index in [1.165, 1.54) is 0 Å². The summed E-state index contributed by atoms with van der Waals surface area (Å²) in [6.45, 7) is 1.24. The number of carbonyl (C=O) groups is 2. The van der Waals surface area contributed by atoms with Gasteiger partial charge in [-0.05, 0) is 55.2 Å². The van der Waals surface area contributed by atoms with Crippen LogP contribution in [-0.2, 0) is 27.3 Å². The van der Waals surface area contributed by atoms with Gasteiger partial charge in [0.25, 0.3) is 0 Å². The lowest BCUT2D eigenvalue weighted by Gasteiger charge is -2.31. The van der Waals surface area contributed by atoms with Crippen LogP contribution in [0.25, 0.3) is 11.0 Å². The summed E-state index contributed by atoms with van der Waals surface area (Å²) in [7, 11) is 3.16. The van der Waals surface area contributed by atoms with Gasteiger partial charge in [0, 0.05) is 37.7 Å². The Morgan fingerprint density at radius 2 is 1.98 bits per heavy atom. The molecule has 4 aromatic rings. The minimum Gasteiger partial charge on any atom is -0.493 e. The van der Waals surface area contributed by atoms with Gasteiger partial charge in [0.05, 0.1) is 25.8 Å². The standard InChI is InChI=1S/C30H34N6O5/c1-39-26-12-11-21(17-27(26)40-2)13-15-35(28(37)20-36-25-10-4-3-9-24(25)33-34-36)29(22-7-5-14-31-18-22)30(38)32-19-23-8-6-16-41-23/h3-5,7,9-12,14,17-18,23,29H,6,8,13,15-16,19-20H2,1-2H3,(H,32,38)/t23-,29+/m1/s1. The average molecular weight is 559 g/mol. The number of hydrogen-bond acceptors (Lipinski definition) is 8. The van der Waals surface area contributed by atoms with E-state index in [1.54, 1.807) is 42.3 Å². The van der Waals surface area contributed by atoms with E-state index in [-0.39, 0.29) is 31.0 Å². The molecule has 2 aromatic heterocycles. The molecule has 11 heteroatoms. The molecule has 0 bridgehead atoms. The monoisotopic (exact) mass is 558 g/mol. The van der Waals surface area contributed by atoms with Gasteiger partial charge in [0.15, 0.2) is 11.5 Å². The molecule has 11 nitrogen and oxygen atoms in total. The first-order valence-electron chi connectivity index (χ1n) is 13.6. The Hall–Kier alpha value is -4.51. The number of benzene rings is 2. The lowest BCUT2D eigenvalue weighted by molar-refractivity contribution is -0.141. The lowest BCUT2D eigenvalue weighted by Crippen LogP contribution is -2.47. The highest BCUT2D eigenvalue weighted by Crippen LogP contribution is 2.29. The first-order valence-corrected chi connectivity index (χ1v) is 13.6. The Morgan fingerprint density at radius 1 is 1.12 bits per heavy atom. The van der Waals surface area contributed by atoms with Crippen molar-refractivity contribution in [1.29, 1.82) is 0 Å². The lowest BCUT2D eigenvalue weighted by atomic mass is 10.0. The number of nitrogens with zero attached hydrogens (tertiary/aromatic N) is 5. The molecule has 1 aliphatic heterocycles. The molecule has 214 valence electrons. The van der Waals surface area contributed by atoms with Gasteiger partial charge in [0.2, 0.25) is 11.8 Å². The van der Waals surface area contributed by atoms with E-state index in [4.69, 9.17) is 14.2 Å². The number of hydrogen-bond donors (Lipinski definition) is 1. The predicted octanol–water partition coefficient (Wildman–Crippen LogP) is 2.95. The predicted molar refractivity (Wildman–Crippen MR) is 151 cm³/mol. The minimum atomic E-state index is -0.910. The molecule has 0 spiro atoms. The Labute approximate surface area is 238 Å². The van der Waals surface area contributed by atoms with E-state index in [9.17, 15) is 9.59 Å². The van der Waals surface area contributed by atoms with Crippen LogP contribution in [0.1, 0.15) is 30.0 Å². The smallest absolute Gasteiger partial charge is 0.247 e. The molecule has 1 fully saturated rings. The van der Waals surface area contributed by atoms with Crippen LogP contribution in [0.2, 0.25) is 0 Å². The fourth-order valence-corrected chi connectivity index (χ4v) is 5.06. The normalized spacial score (nSPS) is 15.4. The summed E-state index contributed by atoms with van der Waals surface area (Å²) >= 11 is 0. The number of rotatable bonds is 12. The third kappa shape index (κ3) is 6.63. The highest BCUT2D eigenvalue weighted by atomic mass is 16.5. The second kappa shape index (κ2) is 13.2. The van der Waals surface area contributed by atoms with Crippen LogP contribution in [0, 0.1) is 0 Å². The number of para-hydroxylation sites is 1. The summed E-state index contributed by atoms with van der Waals surface area (Å²) in [5, 5.41) is 11.4. The molecule has 3 heterocycles. The molecule has 0 aliphatic carbocycles. The summed E-state index contributed by atoms with van der Waals surface area (Å²) in [6, 6.07) is 15.7. The van der Waals surface area contributed by atoms with E-state index in [0.29, 0.717) is 42.2 Å². The summed E-state index contributed by atoms with van der Waals surface area (Å²) < 4.78 is 18.1. The Balaban J connectivity index is 1.45.